The van der Waals surface area contributed by atoms with Gasteiger partial charge in [-0.3, -0.25) is 9.79 Å². The number of aryl methyl sites for hydroxylation is 2. The summed E-state index contributed by atoms with van der Waals surface area (Å²) >= 11 is 3.48. The first kappa shape index (κ1) is 16.5. The van der Waals surface area contributed by atoms with Crippen molar-refractivity contribution in [1.29, 1.82) is 0 Å². The monoisotopic (exact) mass is 396 g/mol. The van der Waals surface area contributed by atoms with Crippen LogP contribution in [-0.2, 0) is 11.3 Å². The second-order valence-electron chi connectivity index (χ2n) is 7.02. The zero-order valence-electron chi connectivity index (χ0n) is 14.6. The van der Waals surface area contributed by atoms with E-state index in [4.69, 9.17) is 4.99 Å². The van der Waals surface area contributed by atoms with Gasteiger partial charge >= 0.3 is 0 Å². The van der Waals surface area contributed by atoms with Gasteiger partial charge in [0.25, 0.3) is 0 Å². The molecule has 0 bridgehead atoms. The number of fused-ring (bicyclic) bond motifs is 2. The molecular weight excluding hydrogens is 376 g/mol. The summed E-state index contributed by atoms with van der Waals surface area (Å²) in [5.74, 6) is 0.143. The number of rotatable bonds is 2. The fourth-order valence-electron chi connectivity index (χ4n) is 3.72. The number of carbonyl (C=O) groups is 1. The molecule has 1 aliphatic carbocycles. The van der Waals surface area contributed by atoms with E-state index < -0.39 is 0 Å². The van der Waals surface area contributed by atoms with Crippen molar-refractivity contribution in [3.8, 4) is 0 Å². The summed E-state index contributed by atoms with van der Waals surface area (Å²) in [4.78, 5) is 20.1. The number of hydrogen-bond acceptors (Lipinski definition) is 2. The Balaban J connectivity index is 1.81. The van der Waals surface area contributed by atoms with Crippen molar-refractivity contribution in [3.63, 3.8) is 0 Å². The number of carbonyl (C=O) groups excluding carboxylic acids is 1. The largest absolute Gasteiger partial charge is 0.305 e. The van der Waals surface area contributed by atoms with E-state index in [0.717, 1.165) is 46.4 Å². The molecule has 3 nitrogen and oxygen atoms in total. The molecule has 1 saturated carbocycles. The van der Waals surface area contributed by atoms with Crippen LogP contribution in [-0.4, -0.2) is 11.6 Å². The maximum absolute atomic E-state index is 13.3. The molecule has 0 radical (unpaired) electrons. The average Bonchev–Trinajstić information content (AvgIpc) is 3.02. The van der Waals surface area contributed by atoms with Crippen molar-refractivity contribution >= 4 is 38.9 Å². The molecule has 1 aliphatic heterocycles. The topological polar surface area (TPSA) is 32.7 Å². The van der Waals surface area contributed by atoms with E-state index in [-0.39, 0.29) is 11.8 Å². The van der Waals surface area contributed by atoms with Crippen LogP contribution in [0.2, 0.25) is 0 Å². The Kier molecular flexibility index (Phi) is 4.24. The summed E-state index contributed by atoms with van der Waals surface area (Å²) < 4.78 is 1.05. The average molecular weight is 397 g/mol. The SMILES string of the molecule is Cc1cc2c(cc1C)N(Cc1ccc(Br)cc1)C(=O)[C@@H]1CCCC1=N2. The van der Waals surface area contributed by atoms with E-state index in [1.165, 1.54) is 11.1 Å². The summed E-state index contributed by atoms with van der Waals surface area (Å²) in [6, 6.07) is 12.4. The van der Waals surface area contributed by atoms with Crippen molar-refractivity contribution in [2.45, 2.75) is 39.7 Å². The molecule has 1 fully saturated rings. The predicted molar refractivity (Wildman–Crippen MR) is 106 cm³/mol. The highest BCUT2D eigenvalue weighted by Crippen LogP contribution is 2.40. The molecule has 2 aliphatic rings. The molecule has 0 unspecified atom stereocenters. The number of halogens is 1. The molecule has 0 N–H and O–H groups in total. The van der Waals surface area contributed by atoms with Gasteiger partial charge in [-0.15, -0.1) is 0 Å². The van der Waals surface area contributed by atoms with Crippen LogP contribution in [0.1, 0.15) is 36.0 Å². The minimum absolute atomic E-state index is 0.0524. The van der Waals surface area contributed by atoms with Crippen LogP contribution in [0, 0.1) is 19.8 Å². The molecule has 1 atom stereocenters. The molecule has 1 heterocycles. The van der Waals surface area contributed by atoms with Gasteiger partial charge in [0, 0.05) is 10.2 Å². The fraction of sp³-hybridized carbons (Fsp3) is 0.333. The van der Waals surface area contributed by atoms with E-state index >= 15 is 0 Å². The molecule has 4 heteroatoms. The van der Waals surface area contributed by atoms with Crippen molar-refractivity contribution < 1.29 is 4.79 Å². The van der Waals surface area contributed by atoms with Crippen LogP contribution >= 0.6 is 15.9 Å². The third-order valence-electron chi connectivity index (χ3n) is 5.29. The van der Waals surface area contributed by atoms with Crippen molar-refractivity contribution in [2.75, 3.05) is 4.90 Å². The first-order chi connectivity index (χ1) is 12.0. The lowest BCUT2D eigenvalue weighted by Gasteiger charge is -2.25. The fourth-order valence-corrected chi connectivity index (χ4v) is 3.98. The summed E-state index contributed by atoms with van der Waals surface area (Å²) in [6.07, 6.45) is 2.91. The Hall–Kier alpha value is -1.94. The number of hydrogen-bond donors (Lipinski definition) is 0. The van der Waals surface area contributed by atoms with Crippen molar-refractivity contribution in [3.05, 3.63) is 57.6 Å². The quantitative estimate of drug-likeness (QED) is 0.660. The van der Waals surface area contributed by atoms with Gasteiger partial charge in [-0.05, 0) is 74.1 Å². The number of aliphatic imine (C=N–C) groups is 1. The molecule has 2 aromatic carbocycles. The lowest BCUT2D eigenvalue weighted by atomic mass is 10.0. The third-order valence-corrected chi connectivity index (χ3v) is 5.82. The summed E-state index contributed by atoms with van der Waals surface area (Å²) in [6.45, 7) is 4.78. The molecular formula is C21H21BrN2O. The second-order valence-corrected chi connectivity index (χ2v) is 7.94. The highest BCUT2D eigenvalue weighted by molar-refractivity contribution is 9.10. The van der Waals surface area contributed by atoms with Gasteiger partial charge in [0.1, 0.15) is 0 Å². The van der Waals surface area contributed by atoms with Gasteiger partial charge in [-0.25, -0.2) is 0 Å². The van der Waals surface area contributed by atoms with E-state index in [9.17, 15) is 4.79 Å². The van der Waals surface area contributed by atoms with Gasteiger partial charge in [-0.2, -0.15) is 0 Å². The van der Waals surface area contributed by atoms with E-state index in [2.05, 4.69) is 54.0 Å². The maximum Gasteiger partial charge on any atom is 0.236 e. The van der Waals surface area contributed by atoms with Gasteiger partial charge in [0.05, 0.1) is 23.8 Å². The second kappa shape index (κ2) is 6.41. The van der Waals surface area contributed by atoms with E-state index in [1.54, 1.807) is 0 Å². The van der Waals surface area contributed by atoms with Crippen LogP contribution in [0.5, 0.6) is 0 Å². The summed E-state index contributed by atoms with van der Waals surface area (Å²) in [7, 11) is 0. The first-order valence-electron chi connectivity index (χ1n) is 8.77. The van der Waals surface area contributed by atoms with Crippen LogP contribution in [0.3, 0.4) is 0 Å². The predicted octanol–water partition coefficient (Wildman–Crippen LogP) is 5.49. The molecule has 0 saturated heterocycles. The molecule has 0 spiro atoms. The third kappa shape index (κ3) is 3.04. The molecule has 4 rings (SSSR count). The zero-order chi connectivity index (χ0) is 17.6. The molecule has 25 heavy (non-hydrogen) atoms. The van der Waals surface area contributed by atoms with Crippen LogP contribution in [0.4, 0.5) is 11.4 Å². The minimum Gasteiger partial charge on any atom is -0.305 e. The van der Waals surface area contributed by atoms with E-state index in [1.807, 2.05) is 17.0 Å². The molecule has 1 amide bonds. The first-order valence-corrected chi connectivity index (χ1v) is 9.57. The van der Waals surface area contributed by atoms with Crippen LogP contribution in [0.25, 0.3) is 0 Å². The van der Waals surface area contributed by atoms with Gasteiger partial charge in [0.15, 0.2) is 0 Å². The summed E-state index contributed by atoms with van der Waals surface area (Å²) in [5, 5.41) is 0. The normalized spacial score (nSPS) is 19.3. The van der Waals surface area contributed by atoms with Gasteiger partial charge < -0.3 is 4.90 Å². The number of anilines is 1. The lowest BCUT2D eigenvalue weighted by Crippen LogP contribution is -2.36. The number of nitrogens with zero attached hydrogens (tertiary/aromatic N) is 2. The number of benzene rings is 2. The van der Waals surface area contributed by atoms with Crippen molar-refractivity contribution in [2.24, 2.45) is 10.9 Å². The Labute approximate surface area is 156 Å². The molecule has 2 aromatic rings. The maximum atomic E-state index is 13.3. The zero-order valence-corrected chi connectivity index (χ0v) is 16.1. The minimum atomic E-state index is -0.0524. The highest BCUT2D eigenvalue weighted by Gasteiger charge is 2.36. The van der Waals surface area contributed by atoms with Gasteiger partial charge in [0.2, 0.25) is 5.91 Å². The van der Waals surface area contributed by atoms with Crippen LogP contribution < -0.4 is 4.90 Å². The van der Waals surface area contributed by atoms with Crippen molar-refractivity contribution in [1.82, 2.24) is 0 Å². The Morgan fingerprint density at radius 1 is 1.16 bits per heavy atom. The lowest BCUT2D eigenvalue weighted by molar-refractivity contribution is -0.120. The Morgan fingerprint density at radius 2 is 1.88 bits per heavy atom. The smallest absolute Gasteiger partial charge is 0.236 e. The standard InChI is InChI=1S/C21H21BrN2O/c1-13-10-19-20(11-14(13)2)24(12-15-6-8-16(22)9-7-15)21(25)17-4-3-5-18(17)23-19/h6-11,17H,3-5,12H2,1-2H3/t17-/m1/s1. The van der Waals surface area contributed by atoms with E-state index in [0.29, 0.717) is 6.54 Å². The summed E-state index contributed by atoms with van der Waals surface area (Å²) in [5.41, 5.74) is 6.48. The van der Waals surface area contributed by atoms with Gasteiger partial charge in [-0.1, -0.05) is 28.1 Å². The molecule has 128 valence electrons. The Morgan fingerprint density at radius 3 is 2.64 bits per heavy atom. The van der Waals surface area contributed by atoms with Crippen LogP contribution in [0.15, 0.2) is 45.9 Å². The highest BCUT2D eigenvalue weighted by atomic mass is 79.9. The molecule has 0 aromatic heterocycles. The number of amides is 1. The Bertz CT molecular complexity index is 870.